The van der Waals surface area contributed by atoms with Gasteiger partial charge >= 0.3 is 0 Å². The Morgan fingerprint density at radius 2 is 1.80 bits per heavy atom. The lowest BCUT2D eigenvalue weighted by atomic mass is 9.79. The Bertz CT molecular complexity index is 828. The second kappa shape index (κ2) is 7.51. The van der Waals surface area contributed by atoms with E-state index in [2.05, 4.69) is 19.2 Å². The first-order valence-electron chi connectivity index (χ1n) is 10.8. The molecule has 3 rings (SSSR count). The maximum Gasteiger partial charge on any atom is 0.234 e. The first-order chi connectivity index (χ1) is 13.7. The summed E-state index contributed by atoms with van der Waals surface area (Å²) in [5.74, 6) is -0.419. The summed E-state index contributed by atoms with van der Waals surface area (Å²) in [5.41, 5.74) is 0.483. The van der Waals surface area contributed by atoms with Crippen molar-refractivity contribution >= 4 is 29.4 Å². The van der Waals surface area contributed by atoms with Gasteiger partial charge in [-0.3, -0.25) is 19.3 Å². The molecule has 2 heterocycles. The standard InChI is InChI=1S/C25H35NO3S/c1-9-10-16-13-17(12-11-15(2)3)19-18(16)20(27)26(21(19)28)25(8)14-24(7,30-25)22(29)23(4,5)6/h9,11-12,16-19H,1-2,10,13-14H2,3-8H3/b12-11+/t16?,17?,18-,19+,24?,25?/m1/s1. The number of Topliss-reactive ketones (excluding diaryl/α,β-unsaturated/α-hetero) is 1. The molecule has 0 N–H and O–H groups in total. The van der Waals surface area contributed by atoms with Gasteiger partial charge in [-0.25, -0.2) is 0 Å². The van der Waals surface area contributed by atoms with Crippen LogP contribution in [0.25, 0.3) is 0 Å². The van der Waals surface area contributed by atoms with Gasteiger partial charge in [-0.2, -0.15) is 0 Å². The third-order valence-electron chi connectivity index (χ3n) is 6.78. The summed E-state index contributed by atoms with van der Waals surface area (Å²) in [6.45, 7) is 19.3. The predicted octanol–water partition coefficient (Wildman–Crippen LogP) is 5.16. The number of carbonyl (C=O) groups excluding carboxylic acids is 3. The van der Waals surface area contributed by atoms with Gasteiger partial charge in [-0.1, -0.05) is 51.2 Å². The fraction of sp³-hybridized carbons (Fsp3) is 0.640. The van der Waals surface area contributed by atoms with E-state index in [0.717, 1.165) is 18.4 Å². The molecule has 2 amide bonds. The van der Waals surface area contributed by atoms with Crippen LogP contribution in [0, 0.1) is 29.1 Å². The van der Waals surface area contributed by atoms with E-state index < -0.39 is 15.0 Å². The van der Waals surface area contributed by atoms with Crippen molar-refractivity contribution in [2.75, 3.05) is 0 Å². The number of hydrogen-bond donors (Lipinski definition) is 0. The Labute approximate surface area is 185 Å². The molecule has 5 heteroatoms. The van der Waals surface area contributed by atoms with E-state index in [4.69, 9.17) is 0 Å². The normalized spacial score (nSPS) is 38.7. The van der Waals surface area contributed by atoms with E-state index in [1.54, 1.807) is 0 Å². The quantitative estimate of drug-likeness (QED) is 0.332. The van der Waals surface area contributed by atoms with Crippen LogP contribution in [0.15, 0.2) is 37.0 Å². The molecule has 4 nitrogen and oxygen atoms in total. The van der Waals surface area contributed by atoms with Gasteiger partial charge in [0.2, 0.25) is 11.8 Å². The van der Waals surface area contributed by atoms with Gasteiger partial charge in [-0.05, 0) is 45.4 Å². The minimum Gasteiger partial charge on any atom is -0.298 e. The number of thioether (sulfide) groups is 1. The Balaban J connectivity index is 1.88. The number of likely N-dealkylation sites (tertiary alicyclic amines) is 1. The molecule has 2 saturated heterocycles. The van der Waals surface area contributed by atoms with Crippen molar-refractivity contribution < 1.29 is 14.4 Å². The summed E-state index contributed by atoms with van der Waals surface area (Å²) in [6.07, 6.45) is 7.93. The fourth-order valence-corrected chi connectivity index (χ4v) is 7.97. The summed E-state index contributed by atoms with van der Waals surface area (Å²) < 4.78 is -0.564. The predicted molar refractivity (Wildman–Crippen MR) is 123 cm³/mol. The van der Waals surface area contributed by atoms with Gasteiger partial charge in [0.05, 0.1) is 21.5 Å². The van der Waals surface area contributed by atoms with Crippen molar-refractivity contribution in [2.45, 2.75) is 70.4 Å². The van der Waals surface area contributed by atoms with Crippen LogP contribution in [-0.4, -0.2) is 32.1 Å². The SMILES string of the molecule is C=CCC1CC(/C=C/C(=C)C)[C@@H]2C(=O)N(C3(C)CC(C)(C(=O)C(C)(C)C)S3)C(=O)[C@H]12. The second-order valence-electron chi connectivity index (χ2n) is 10.7. The topological polar surface area (TPSA) is 54.5 Å². The Kier molecular flexibility index (Phi) is 5.77. The van der Waals surface area contributed by atoms with Crippen molar-refractivity contribution in [1.82, 2.24) is 4.90 Å². The van der Waals surface area contributed by atoms with Crippen LogP contribution in [0.4, 0.5) is 0 Å². The number of imide groups is 1. The number of ketones is 1. The minimum atomic E-state index is -0.657. The van der Waals surface area contributed by atoms with Gasteiger partial charge in [-0.15, -0.1) is 18.3 Å². The molecule has 0 aromatic rings. The van der Waals surface area contributed by atoms with E-state index in [9.17, 15) is 14.4 Å². The highest BCUT2D eigenvalue weighted by Crippen LogP contribution is 2.62. The van der Waals surface area contributed by atoms with Gasteiger partial charge in [0.15, 0.2) is 5.78 Å². The van der Waals surface area contributed by atoms with Crippen LogP contribution in [0.2, 0.25) is 0 Å². The highest BCUT2D eigenvalue weighted by atomic mass is 32.2. The lowest BCUT2D eigenvalue weighted by Crippen LogP contribution is -2.64. The van der Waals surface area contributed by atoms with Crippen molar-refractivity contribution in [1.29, 1.82) is 0 Å². The molecule has 0 aromatic carbocycles. The Morgan fingerprint density at radius 3 is 2.30 bits per heavy atom. The Hall–Kier alpha value is -1.62. The second-order valence-corrected chi connectivity index (χ2v) is 12.7. The highest BCUT2D eigenvalue weighted by molar-refractivity contribution is 8.04. The molecule has 0 aromatic heterocycles. The molecule has 1 aliphatic carbocycles. The number of hydrogen-bond acceptors (Lipinski definition) is 4. The molecule has 4 unspecified atom stereocenters. The number of allylic oxidation sites excluding steroid dienone is 4. The van der Waals surface area contributed by atoms with Crippen molar-refractivity contribution in [3.8, 4) is 0 Å². The molecule has 3 fully saturated rings. The minimum absolute atomic E-state index is 0.0365. The molecule has 164 valence electrons. The third-order valence-corrected chi connectivity index (χ3v) is 8.33. The van der Waals surface area contributed by atoms with Crippen molar-refractivity contribution in [3.63, 3.8) is 0 Å². The van der Waals surface area contributed by atoms with E-state index >= 15 is 0 Å². The largest absolute Gasteiger partial charge is 0.298 e. The third kappa shape index (κ3) is 3.63. The molecule has 6 atom stereocenters. The van der Waals surface area contributed by atoms with E-state index in [1.807, 2.05) is 53.7 Å². The zero-order valence-corrected chi connectivity index (χ0v) is 20.0. The van der Waals surface area contributed by atoms with Crippen LogP contribution >= 0.6 is 11.8 Å². The molecule has 2 aliphatic heterocycles. The summed E-state index contributed by atoms with van der Waals surface area (Å²) >= 11 is 1.47. The maximum atomic E-state index is 13.5. The Morgan fingerprint density at radius 1 is 1.23 bits per heavy atom. The van der Waals surface area contributed by atoms with Crippen LogP contribution in [0.1, 0.15) is 60.8 Å². The highest BCUT2D eigenvalue weighted by Gasteiger charge is 2.67. The first-order valence-corrected chi connectivity index (χ1v) is 11.6. The zero-order chi connectivity index (χ0) is 22.6. The molecule has 1 saturated carbocycles. The average Bonchev–Trinajstić information content (AvgIpc) is 3.07. The number of nitrogens with zero attached hydrogens (tertiary/aromatic N) is 1. The number of fused-ring (bicyclic) bond motifs is 1. The van der Waals surface area contributed by atoms with Gasteiger partial charge in [0.25, 0.3) is 0 Å². The fourth-order valence-electron chi connectivity index (χ4n) is 5.86. The molecule has 0 bridgehead atoms. The molecular weight excluding hydrogens is 394 g/mol. The molecule has 0 spiro atoms. The molecule has 0 radical (unpaired) electrons. The van der Waals surface area contributed by atoms with E-state index in [0.29, 0.717) is 6.42 Å². The zero-order valence-electron chi connectivity index (χ0n) is 19.2. The van der Waals surface area contributed by atoms with Crippen LogP contribution in [-0.2, 0) is 14.4 Å². The molecule has 3 aliphatic rings. The number of rotatable bonds is 6. The van der Waals surface area contributed by atoms with Gasteiger partial charge in [0, 0.05) is 11.8 Å². The first kappa shape index (κ1) is 23.1. The van der Waals surface area contributed by atoms with Gasteiger partial charge in [0.1, 0.15) is 0 Å². The van der Waals surface area contributed by atoms with E-state index in [1.165, 1.54) is 16.7 Å². The monoisotopic (exact) mass is 429 g/mol. The maximum absolute atomic E-state index is 13.5. The number of carbonyl (C=O) groups is 3. The van der Waals surface area contributed by atoms with Crippen LogP contribution in [0.5, 0.6) is 0 Å². The van der Waals surface area contributed by atoms with Crippen molar-refractivity contribution in [2.24, 2.45) is 29.1 Å². The molecular formula is C25H35NO3S. The molecule has 30 heavy (non-hydrogen) atoms. The van der Waals surface area contributed by atoms with Gasteiger partial charge < -0.3 is 0 Å². The summed E-state index contributed by atoms with van der Waals surface area (Å²) in [6, 6.07) is 0. The van der Waals surface area contributed by atoms with Crippen molar-refractivity contribution in [3.05, 3.63) is 37.0 Å². The van der Waals surface area contributed by atoms with Crippen LogP contribution in [0.3, 0.4) is 0 Å². The average molecular weight is 430 g/mol. The summed E-state index contributed by atoms with van der Waals surface area (Å²) in [7, 11) is 0. The lowest BCUT2D eigenvalue weighted by molar-refractivity contribution is -0.147. The summed E-state index contributed by atoms with van der Waals surface area (Å²) in [5, 5.41) is 0. The number of amides is 2. The summed E-state index contributed by atoms with van der Waals surface area (Å²) in [4.78, 5) is 40.8. The lowest BCUT2D eigenvalue weighted by Gasteiger charge is -2.56. The van der Waals surface area contributed by atoms with Crippen LogP contribution < -0.4 is 0 Å². The smallest absolute Gasteiger partial charge is 0.234 e. The van der Waals surface area contributed by atoms with E-state index in [-0.39, 0.29) is 41.3 Å².